The first kappa shape index (κ1) is 17.6. The Bertz CT molecular complexity index is 451. The van der Waals surface area contributed by atoms with Gasteiger partial charge in [0, 0.05) is 6.54 Å². The molecular formula is C17H27FN2O. The lowest BCUT2D eigenvalue weighted by atomic mass is 9.82. The van der Waals surface area contributed by atoms with Crippen LogP contribution in [-0.2, 0) is 4.79 Å². The summed E-state index contributed by atoms with van der Waals surface area (Å²) in [5.41, 5.74) is 6.43. The first-order valence-electron chi connectivity index (χ1n) is 7.55. The van der Waals surface area contributed by atoms with Gasteiger partial charge in [0.05, 0.1) is 12.0 Å². The van der Waals surface area contributed by atoms with Gasteiger partial charge in [0.2, 0.25) is 5.91 Å². The molecule has 0 heterocycles. The molecule has 1 amide bonds. The van der Waals surface area contributed by atoms with Gasteiger partial charge in [-0.3, -0.25) is 4.79 Å². The molecule has 21 heavy (non-hydrogen) atoms. The van der Waals surface area contributed by atoms with Crippen molar-refractivity contribution in [3.05, 3.63) is 35.6 Å². The lowest BCUT2D eigenvalue weighted by Gasteiger charge is -2.33. The topological polar surface area (TPSA) is 55.1 Å². The van der Waals surface area contributed by atoms with Crippen molar-refractivity contribution in [1.29, 1.82) is 0 Å². The number of carbonyl (C=O) groups excluding carboxylic acids is 1. The molecule has 1 rings (SSSR count). The maximum absolute atomic E-state index is 13.1. The summed E-state index contributed by atoms with van der Waals surface area (Å²) in [7, 11) is 0. The summed E-state index contributed by atoms with van der Waals surface area (Å²) >= 11 is 0. The second-order valence-corrected chi connectivity index (χ2v) is 6.58. The minimum absolute atomic E-state index is 0.0244. The molecule has 0 spiro atoms. The first-order valence-corrected chi connectivity index (χ1v) is 7.55. The highest BCUT2D eigenvalue weighted by molar-refractivity contribution is 5.79. The maximum atomic E-state index is 13.1. The molecule has 2 unspecified atom stereocenters. The van der Waals surface area contributed by atoms with Crippen LogP contribution in [0.2, 0.25) is 0 Å². The van der Waals surface area contributed by atoms with Crippen LogP contribution in [-0.4, -0.2) is 12.5 Å². The van der Waals surface area contributed by atoms with E-state index in [0.29, 0.717) is 6.54 Å². The van der Waals surface area contributed by atoms with E-state index in [1.165, 1.54) is 12.1 Å². The van der Waals surface area contributed by atoms with E-state index in [-0.39, 0.29) is 29.1 Å². The first-order chi connectivity index (χ1) is 9.79. The van der Waals surface area contributed by atoms with Gasteiger partial charge in [-0.2, -0.15) is 0 Å². The van der Waals surface area contributed by atoms with Crippen molar-refractivity contribution in [2.75, 3.05) is 6.54 Å². The second-order valence-electron chi connectivity index (χ2n) is 6.58. The van der Waals surface area contributed by atoms with Crippen LogP contribution in [0.15, 0.2) is 24.3 Å². The second kappa shape index (κ2) is 7.55. The Morgan fingerprint density at radius 3 is 2.29 bits per heavy atom. The minimum Gasteiger partial charge on any atom is -0.348 e. The van der Waals surface area contributed by atoms with Crippen molar-refractivity contribution in [1.82, 2.24) is 5.32 Å². The molecule has 0 bridgehead atoms. The predicted octanol–water partition coefficient (Wildman–Crippen LogP) is 3.40. The summed E-state index contributed by atoms with van der Waals surface area (Å²) in [6.07, 6.45) is 1.70. The van der Waals surface area contributed by atoms with Crippen molar-refractivity contribution in [3.8, 4) is 0 Å². The SMILES string of the molecule is CCCC(CN)C(=O)NC(c1ccc(F)cc1)C(C)(C)C. The molecule has 0 fully saturated rings. The van der Waals surface area contributed by atoms with E-state index in [4.69, 9.17) is 5.73 Å². The fraction of sp³-hybridized carbons (Fsp3) is 0.588. The number of nitrogens with one attached hydrogen (secondary N) is 1. The van der Waals surface area contributed by atoms with Crippen molar-refractivity contribution >= 4 is 5.91 Å². The molecule has 1 aromatic carbocycles. The Hall–Kier alpha value is -1.42. The summed E-state index contributed by atoms with van der Waals surface area (Å²) in [5, 5.41) is 3.09. The molecular weight excluding hydrogens is 267 g/mol. The maximum Gasteiger partial charge on any atom is 0.224 e. The van der Waals surface area contributed by atoms with Crippen molar-refractivity contribution in [3.63, 3.8) is 0 Å². The number of hydrogen-bond donors (Lipinski definition) is 2. The van der Waals surface area contributed by atoms with Crippen LogP contribution in [0, 0.1) is 17.2 Å². The Balaban J connectivity index is 2.94. The smallest absolute Gasteiger partial charge is 0.224 e. The Morgan fingerprint density at radius 2 is 1.86 bits per heavy atom. The van der Waals surface area contributed by atoms with Gasteiger partial charge in [-0.1, -0.05) is 46.2 Å². The Labute approximate surface area is 127 Å². The van der Waals surface area contributed by atoms with Crippen LogP contribution in [0.4, 0.5) is 4.39 Å². The molecule has 0 aliphatic rings. The van der Waals surface area contributed by atoms with Gasteiger partial charge in [0.1, 0.15) is 5.82 Å². The summed E-state index contributed by atoms with van der Waals surface area (Å²) in [6.45, 7) is 8.55. The molecule has 4 heteroatoms. The van der Waals surface area contributed by atoms with Gasteiger partial charge in [0.25, 0.3) is 0 Å². The van der Waals surface area contributed by atoms with E-state index >= 15 is 0 Å². The zero-order chi connectivity index (χ0) is 16.0. The molecule has 3 nitrogen and oxygen atoms in total. The number of benzene rings is 1. The van der Waals surface area contributed by atoms with Gasteiger partial charge in [-0.15, -0.1) is 0 Å². The van der Waals surface area contributed by atoms with E-state index in [1.807, 2.05) is 6.92 Å². The number of hydrogen-bond acceptors (Lipinski definition) is 2. The molecule has 0 aliphatic carbocycles. The molecule has 2 atom stereocenters. The molecule has 0 radical (unpaired) electrons. The van der Waals surface area contributed by atoms with Crippen molar-refractivity contribution in [2.45, 2.75) is 46.6 Å². The van der Waals surface area contributed by atoms with Crippen LogP contribution >= 0.6 is 0 Å². The van der Waals surface area contributed by atoms with Crippen molar-refractivity contribution < 1.29 is 9.18 Å². The number of amides is 1. The van der Waals surface area contributed by atoms with Crippen LogP contribution in [0.3, 0.4) is 0 Å². The predicted molar refractivity (Wildman–Crippen MR) is 84.2 cm³/mol. The summed E-state index contributed by atoms with van der Waals surface area (Å²) < 4.78 is 13.1. The molecule has 3 N–H and O–H groups in total. The minimum atomic E-state index is -0.274. The van der Waals surface area contributed by atoms with E-state index in [1.54, 1.807) is 12.1 Å². The molecule has 0 saturated heterocycles. The lowest BCUT2D eigenvalue weighted by molar-refractivity contribution is -0.126. The van der Waals surface area contributed by atoms with Gasteiger partial charge < -0.3 is 11.1 Å². The van der Waals surface area contributed by atoms with Crippen LogP contribution in [0.1, 0.15) is 52.1 Å². The van der Waals surface area contributed by atoms with Crippen LogP contribution in [0.5, 0.6) is 0 Å². The zero-order valence-electron chi connectivity index (χ0n) is 13.4. The van der Waals surface area contributed by atoms with Gasteiger partial charge in [-0.05, 0) is 29.5 Å². The number of nitrogens with two attached hydrogens (primary N) is 1. The highest BCUT2D eigenvalue weighted by atomic mass is 19.1. The molecule has 1 aromatic rings. The largest absolute Gasteiger partial charge is 0.348 e. The Kier molecular flexibility index (Phi) is 6.34. The standard InChI is InChI=1S/C17H27FN2O/c1-5-6-13(11-19)16(21)20-15(17(2,3)4)12-7-9-14(18)10-8-12/h7-10,13,15H,5-6,11,19H2,1-4H3,(H,20,21). The molecule has 0 saturated carbocycles. The highest BCUT2D eigenvalue weighted by Crippen LogP contribution is 2.33. The fourth-order valence-corrected chi connectivity index (χ4v) is 2.42. The number of rotatable bonds is 6. The van der Waals surface area contributed by atoms with E-state index < -0.39 is 0 Å². The van der Waals surface area contributed by atoms with Gasteiger partial charge in [-0.25, -0.2) is 4.39 Å². The highest BCUT2D eigenvalue weighted by Gasteiger charge is 2.29. The monoisotopic (exact) mass is 294 g/mol. The van der Waals surface area contributed by atoms with Crippen LogP contribution in [0.25, 0.3) is 0 Å². The average molecular weight is 294 g/mol. The zero-order valence-corrected chi connectivity index (χ0v) is 13.4. The fourth-order valence-electron chi connectivity index (χ4n) is 2.42. The summed E-state index contributed by atoms with van der Waals surface area (Å²) in [4.78, 5) is 12.4. The van der Waals surface area contributed by atoms with Gasteiger partial charge >= 0.3 is 0 Å². The molecule has 0 aliphatic heterocycles. The van der Waals surface area contributed by atoms with E-state index in [9.17, 15) is 9.18 Å². The number of carbonyl (C=O) groups is 1. The van der Waals surface area contributed by atoms with E-state index in [0.717, 1.165) is 18.4 Å². The average Bonchev–Trinajstić information content (AvgIpc) is 2.42. The third-order valence-corrected chi connectivity index (χ3v) is 3.65. The third kappa shape index (κ3) is 5.12. The summed E-state index contributed by atoms with van der Waals surface area (Å²) in [6, 6.07) is 6.13. The molecule has 0 aromatic heterocycles. The normalized spacial score (nSPS) is 14.6. The van der Waals surface area contributed by atoms with Gasteiger partial charge in [0.15, 0.2) is 0 Å². The lowest BCUT2D eigenvalue weighted by Crippen LogP contribution is -2.41. The van der Waals surface area contributed by atoms with E-state index in [2.05, 4.69) is 26.1 Å². The van der Waals surface area contributed by atoms with Crippen LogP contribution < -0.4 is 11.1 Å². The molecule has 118 valence electrons. The van der Waals surface area contributed by atoms with Crippen molar-refractivity contribution in [2.24, 2.45) is 17.1 Å². The Morgan fingerprint density at radius 1 is 1.29 bits per heavy atom. The summed E-state index contributed by atoms with van der Waals surface area (Å²) in [5.74, 6) is -0.465. The number of halogens is 1. The quantitative estimate of drug-likeness (QED) is 0.845. The third-order valence-electron chi connectivity index (χ3n) is 3.65.